The average Bonchev–Trinajstić information content (AvgIpc) is 2.03. The quantitative estimate of drug-likeness (QED) is 0.351. The minimum atomic E-state index is 0.170. The van der Waals surface area contributed by atoms with E-state index >= 15 is 0 Å². The summed E-state index contributed by atoms with van der Waals surface area (Å²) in [4.78, 5) is 4.75. The zero-order chi connectivity index (χ0) is 8.10. The summed E-state index contributed by atoms with van der Waals surface area (Å²) >= 11 is 0. The van der Waals surface area contributed by atoms with E-state index in [1.807, 2.05) is 0 Å². The molecule has 1 saturated carbocycles. The minimum absolute atomic E-state index is 0.170. The van der Waals surface area contributed by atoms with E-state index in [0.717, 1.165) is 18.6 Å². The molecule has 1 fully saturated rings. The van der Waals surface area contributed by atoms with Crippen molar-refractivity contribution in [1.29, 1.82) is 5.41 Å². The van der Waals surface area contributed by atoms with Crippen LogP contribution in [0.3, 0.4) is 0 Å². The molecule has 3 heteroatoms. The maximum atomic E-state index is 6.98. The molecule has 0 unspecified atom stereocenters. The Balaban J connectivity index is 2.32. The molecule has 0 radical (unpaired) electrons. The molecular weight excluding hydrogens is 140 g/mol. The summed E-state index contributed by atoms with van der Waals surface area (Å²) in [5, 5.41) is 10.9. The Kier molecular flexibility index (Phi) is 3.08. The molecule has 0 amide bonds. The molecule has 0 aromatic rings. The van der Waals surface area contributed by atoms with Crippen molar-refractivity contribution in [1.82, 2.24) is 0 Å². The molecule has 0 heterocycles. The summed E-state index contributed by atoms with van der Waals surface area (Å²) in [5.41, 5.74) is 1.11. The van der Waals surface area contributed by atoms with Gasteiger partial charge in [0.05, 0.1) is 5.71 Å². The first-order chi connectivity index (χ1) is 5.29. The number of rotatable bonds is 1. The van der Waals surface area contributed by atoms with E-state index in [2.05, 4.69) is 5.16 Å². The first kappa shape index (κ1) is 8.24. The molecule has 1 N–H and O–H groups in total. The van der Waals surface area contributed by atoms with E-state index in [-0.39, 0.29) is 5.90 Å². The molecule has 11 heavy (non-hydrogen) atoms. The van der Waals surface area contributed by atoms with Crippen LogP contribution in [0, 0.1) is 5.41 Å². The Morgan fingerprint density at radius 3 is 2.55 bits per heavy atom. The van der Waals surface area contributed by atoms with Gasteiger partial charge in [-0.2, -0.15) is 0 Å². The van der Waals surface area contributed by atoms with Crippen molar-refractivity contribution in [2.75, 3.05) is 0 Å². The van der Waals surface area contributed by atoms with Crippen LogP contribution in [0.5, 0.6) is 0 Å². The van der Waals surface area contributed by atoms with Crippen LogP contribution in [0.1, 0.15) is 39.0 Å². The lowest BCUT2D eigenvalue weighted by atomic mass is 9.99. The van der Waals surface area contributed by atoms with E-state index in [1.54, 1.807) is 6.92 Å². The van der Waals surface area contributed by atoms with Crippen LogP contribution in [0.25, 0.3) is 0 Å². The van der Waals surface area contributed by atoms with E-state index in [1.165, 1.54) is 19.3 Å². The highest BCUT2D eigenvalue weighted by Crippen LogP contribution is 2.14. The van der Waals surface area contributed by atoms with Gasteiger partial charge in [0.1, 0.15) is 0 Å². The van der Waals surface area contributed by atoms with Gasteiger partial charge in [0.25, 0.3) is 0 Å². The van der Waals surface area contributed by atoms with Gasteiger partial charge in [0, 0.05) is 6.92 Å². The number of oxime groups is 1. The van der Waals surface area contributed by atoms with Crippen molar-refractivity contribution in [3.05, 3.63) is 0 Å². The van der Waals surface area contributed by atoms with Gasteiger partial charge < -0.3 is 4.84 Å². The van der Waals surface area contributed by atoms with Crippen LogP contribution >= 0.6 is 0 Å². The van der Waals surface area contributed by atoms with Gasteiger partial charge >= 0.3 is 0 Å². The zero-order valence-corrected chi connectivity index (χ0v) is 6.89. The molecular formula is C8H14N2O. The lowest BCUT2D eigenvalue weighted by Crippen LogP contribution is -2.06. The number of hydrogen-bond donors (Lipinski definition) is 1. The SMILES string of the molecule is CC(=N)ON=C1CCCCC1. The lowest BCUT2D eigenvalue weighted by Gasteiger charge is -2.10. The van der Waals surface area contributed by atoms with E-state index in [4.69, 9.17) is 10.2 Å². The van der Waals surface area contributed by atoms with Crippen molar-refractivity contribution in [2.45, 2.75) is 39.0 Å². The fourth-order valence-corrected chi connectivity index (χ4v) is 1.18. The van der Waals surface area contributed by atoms with Crippen molar-refractivity contribution < 1.29 is 4.84 Å². The zero-order valence-electron chi connectivity index (χ0n) is 6.89. The molecule has 3 nitrogen and oxygen atoms in total. The summed E-state index contributed by atoms with van der Waals surface area (Å²) < 4.78 is 0. The first-order valence-electron chi connectivity index (χ1n) is 4.07. The van der Waals surface area contributed by atoms with Crippen LogP contribution in [0.2, 0.25) is 0 Å². The second-order valence-corrected chi connectivity index (χ2v) is 2.87. The van der Waals surface area contributed by atoms with Crippen LogP contribution < -0.4 is 0 Å². The molecule has 1 aliphatic rings. The summed E-state index contributed by atoms with van der Waals surface area (Å²) in [7, 11) is 0. The van der Waals surface area contributed by atoms with E-state index in [0.29, 0.717) is 0 Å². The Hall–Kier alpha value is -0.860. The number of nitrogens with zero attached hydrogens (tertiary/aromatic N) is 1. The molecule has 0 bridgehead atoms. The van der Waals surface area contributed by atoms with Gasteiger partial charge in [-0.25, -0.2) is 0 Å². The Morgan fingerprint density at radius 2 is 2.00 bits per heavy atom. The molecule has 0 saturated heterocycles. The van der Waals surface area contributed by atoms with Crippen LogP contribution in [0.15, 0.2) is 5.16 Å². The Morgan fingerprint density at radius 1 is 1.36 bits per heavy atom. The standard InChI is InChI=1S/C8H14N2O/c1-7(9)11-10-8-5-3-2-4-6-8/h9H,2-6H2,1H3. The van der Waals surface area contributed by atoms with Gasteiger partial charge in [-0.1, -0.05) is 11.6 Å². The fraction of sp³-hybridized carbons (Fsp3) is 0.750. The molecule has 0 atom stereocenters. The average molecular weight is 154 g/mol. The molecule has 0 aromatic carbocycles. The smallest absolute Gasteiger partial charge is 0.214 e. The minimum Gasteiger partial charge on any atom is -0.342 e. The summed E-state index contributed by atoms with van der Waals surface area (Å²) in [6, 6.07) is 0. The molecule has 0 spiro atoms. The molecule has 1 rings (SSSR count). The molecule has 0 aliphatic heterocycles. The van der Waals surface area contributed by atoms with Crippen LogP contribution in [-0.4, -0.2) is 11.6 Å². The monoisotopic (exact) mass is 154 g/mol. The molecule has 0 aromatic heterocycles. The highest BCUT2D eigenvalue weighted by atomic mass is 16.6. The van der Waals surface area contributed by atoms with Gasteiger partial charge in [0.2, 0.25) is 5.90 Å². The second kappa shape index (κ2) is 4.11. The summed E-state index contributed by atoms with van der Waals surface area (Å²) in [5.74, 6) is 0.170. The Labute approximate surface area is 66.9 Å². The first-order valence-corrected chi connectivity index (χ1v) is 4.07. The topological polar surface area (TPSA) is 45.4 Å². The predicted molar refractivity (Wildman–Crippen MR) is 45.0 cm³/mol. The highest BCUT2D eigenvalue weighted by molar-refractivity contribution is 5.85. The van der Waals surface area contributed by atoms with Crippen LogP contribution in [0.4, 0.5) is 0 Å². The summed E-state index contributed by atoms with van der Waals surface area (Å²) in [6.45, 7) is 1.59. The van der Waals surface area contributed by atoms with Gasteiger partial charge in [-0.3, -0.25) is 5.41 Å². The van der Waals surface area contributed by atoms with Gasteiger partial charge in [0.15, 0.2) is 0 Å². The predicted octanol–water partition coefficient (Wildman–Crippen LogP) is 2.32. The highest BCUT2D eigenvalue weighted by Gasteiger charge is 2.06. The van der Waals surface area contributed by atoms with E-state index in [9.17, 15) is 0 Å². The Bertz CT molecular complexity index is 167. The number of hydrogen-bond acceptors (Lipinski definition) is 3. The van der Waals surface area contributed by atoms with Crippen LogP contribution in [-0.2, 0) is 4.84 Å². The normalized spacial score (nSPS) is 17.7. The van der Waals surface area contributed by atoms with Crippen molar-refractivity contribution in [2.24, 2.45) is 5.16 Å². The molecule has 62 valence electrons. The largest absolute Gasteiger partial charge is 0.342 e. The third kappa shape index (κ3) is 3.16. The summed E-state index contributed by atoms with van der Waals surface area (Å²) in [6.07, 6.45) is 5.85. The van der Waals surface area contributed by atoms with Crippen molar-refractivity contribution in [3.8, 4) is 0 Å². The molecule has 1 aliphatic carbocycles. The lowest BCUT2D eigenvalue weighted by molar-refractivity contribution is 0.317. The van der Waals surface area contributed by atoms with E-state index < -0.39 is 0 Å². The fourth-order valence-electron chi connectivity index (χ4n) is 1.18. The van der Waals surface area contributed by atoms with Gasteiger partial charge in [-0.05, 0) is 25.7 Å². The maximum Gasteiger partial charge on any atom is 0.214 e. The van der Waals surface area contributed by atoms with Gasteiger partial charge in [-0.15, -0.1) is 0 Å². The van der Waals surface area contributed by atoms with Crippen molar-refractivity contribution in [3.63, 3.8) is 0 Å². The number of nitrogens with one attached hydrogen (secondary N) is 1. The third-order valence-electron chi connectivity index (χ3n) is 1.74. The van der Waals surface area contributed by atoms with Crippen molar-refractivity contribution >= 4 is 11.6 Å². The third-order valence-corrected chi connectivity index (χ3v) is 1.74. The maximum absolute atomic E-state index is 6.98. The second-order valence-electron chi connectivity index (χ2n) is 2.87.